The van der Waals surface area contributed by atoms with E-state index >= 15 is 0 Å². The van der Waals surface area contributed by atoms with Crippen LogP contribution in [0.4, 0.5) is 0 Å². The lowest BCUT2D eigenvalue weighted by Crippen LogP contribution is -2.23. The smallest absolute Gasteiger partial charge is 0.308 e. The largest absolute Gasteiger partial charge is 0.494 e. The molecule has 4 rings (SSSR count). The van der Waals surface area contributed by atoms with Crippen LogP contribution in [-0.2, 0) is 4.79 Å². The molecule has 2 heterocycles. The number of carbonyl (C=O) groups excluding carboxylic acids is 1. The first-order valence-electron chi connectivity index (χ1n) is 10.6. The molecule has 8 nitrogen and oxygen atoms in total. The zero-order valence-electron chi connectivity index (χ0n) is 18.5. The molecule has 9 heteroatoms. The van der Waals surface area contributed by atoms with Crippen molar-refractivity contribution < 1.29 is 19.0 Å². The number of thiazole rings is 1. The average molecular weight is 466 g/mol. The maximum atomic E-state index is 12.9. The molecular formula is C24H23N3O5S. The zero-order valence-corrected chi connectivity index (χ0v) is 19.3. The van der Waals surface area contributed by atoms with Gasteiger partial charge in [-0.25, -0.2) is 0 Å². The molecule has 0 aliphatic rings. The first kappa shape index (κ1) is 22.5. The molecule has 0 saturated carbocycles. The second kappa shape index (κ2) is 9.83. The van der Waals surface area contributed by atoms with Gasteiger partial charge in [0.2, 0.25) is 4.96 Å². The summed E-state index contributed by atoms with van der Waals surface area (Å²) in [5.74, 6) is 1.61. The summed E-state index contributed by atoms with van der Waals surface area (Å²) in [7, 11) is 0. The Morgan fingerprint density at radius 3 is 2.55 bits per heavy atom. The van der Waals surface area contributed by atoms with Crippen molar-refractivity contribution >= 4 is 28.3 Å². The van der Waals surface area contributed by atoms with Crippen LogP contribution >= 0.6 is 11.3 Å². The van der Waals surface area contributed by atoms with Crippen molar-refractivity contribution in [3.8, 4) is 28.6 Å². The third-order valence-electron chi connectivity index (χ3n) is 4.59. The van der Waals surface area contributed by atoms with Crippen LogP contribution in [0.15, 0.2) is 47.3 Å². The van der Waals surface area contributed by atoms with Gasteiger partial charge in [0.25, 0.3) is 5.56 Å². The fourth-order valence-corrected chi connectivity index (χ4v) is 4.06. The molecular weight excluding hydrogens is 442 g/mol. The fourth-order valence-electron chi connectivity index (χ4n) is 3.15. The Labute approximate surface area is 194 Å². The lowest BCUT2D eigenvalue weighted by Gasteiger charge is -2.10. The standard InChI is InChI=1S/C24H23N3O5S/c1-4-12-31-18-9-7-17(8-10-18)22-25-24-27(26-22)23(29)21(33-24)14-16-6-11-19(32-15(3)28)20(13-16)30-5-2/h6-11,13-14H,4-5,12H2,1-3H3. The van der Waals surface area contributed by atoms with Crippen LogP contribution in [0.5, 0.6) is 17.2 Å². The number of hydrogen-bond acceptors (Lipinski definition) is 8. The monoisotopic (exact) mass is 465 g/mol. The van der Waals surface area contributed by atoms with Crippen molar-refractivity contribution in [3.05, 3.63) is 62.9 Å². The summed E-state index contributed by atoms with van der Waals surface area (Å²) in [6.07, 6.45) is 2.68. The molecule has 0 bridgehead atoms. The maximum absolute atomic E-state index is 12.9. The second-order valence-electron chi connectivity index (χ2n) is 7.15. The molecule has 0 aliphatic heterocycles. The van der Waals surface area contributed by atoms with E-state index in [1.54, 1.807) is 24.3 Å². The number of carbonyl (C=O) groups is 1. The number of benzene rings is 2. The van der Waals surface area contributed by atoms with Crippen LogP contribution in [0.3, 0.4) is 0 Å². The van der Waals surface area contributed by atoms with E-state index < -0.39 is 5.97 Å². The maximum Gasteiger partial charge on any atom is 0.308 e. The molecule has 0 spiro atoms. The normalized spacial score (nSPS) is 11.7. The van der Waals surface area contributed by atoms with Gasteiger partial charge in [-0.3, -0.25) is 9.59 Å². The van der Waals surface area contributed by atoms with Crippen molar-refractivity contribution in [3.63, 3.8) is 0 Å². The van der Waals surface area contributed by atoms with E-state index in [1.165, 1.54) is 22.8 Å². The number of fused-ring (bicyclic) bond motifs is 1. The lowest BCUT2D eigenvalue weighted by atomic mass is 10.2. The highest BCUT2D eigenvalue weighted by Crippen LogP contribution is 2.29. The number of hydrogen-bond donors (Lipinski definition) is 0. The molecule has 2 aromatic carbocycles. The van der Waals surface area contributed by atoms with Crippen LogP contribution in [0.25, 0.3) is 22.4 Å². The van der Waals surface area contributed by atoms with Crippen LogP contribution in [-0.4, -0.2) is 33.8 Å². The average Bonchev–Trinajstić information content (AvgIpc) is 3.34. The van der Waals surface area contributed by atoms with Gasteiger partial charge in [0, 0.05) is 12.5 Å². The minimum absolute atomic E-state index is 0.251. The number of nitrogens with zero attached hydrogens (tertiary/aromatic N) is 3. The van der Waals surface area contributed by atoms with Crippen molar-refractivity contribution in [1.82, 2.24) is 14.6 Å². The van der Waals surface area contributed by atoms with Crippen LogP contribution in [0.2, 0.25) is 0 Å². The molecule has 0 atom stereocenters. The van der Waals surface area contributed by atoms with Gasteiger partial charge in [0.1, 0.15) is 5.75 Å². The Morgan fingerprint density at radius 2 is 1.88 bits per heavy atom. The van der Waals surface area contributed by atoms with Gasteiger partial charge in [-0.05, 0) is 61.4 Å². The van der Waals surface area contributed by atoms with E-state index in [-0.39, 0.29) is 5.56 Å². The molecule has 0 aliphatic carbocycles. The van der Waals surface area contributed by atoms with Gasteiger partial charge in [0.15, 0.2) is 17.3 Å². The molecule has 0 unspecified atom stereocenters. The molecule has 0 radical (unpaired) electrons. The van der Waals surface area contributed by atoms with Crippen molar-refractivity contribution in [2.75, 3.05) is 13.2 Å². The predicted octanol–water partition coefficient (Wildman–Crippen LogP) is 3.48. The Kier molecular flexibility index (Phi) is 6.69. The van der Waals surface area contributed by atoms with Gasteiger partial charge >= 0.3 is 5.97 Å². The van der Waals surface area contributed by atoms with Gasteiger partial charge in [-0.2, -0.15) is 9.50 Å². The van der Waals surface area contributed by atoms with E-state index in [4.69, 9.17) is 14.2 Å². The quantitative estimate of drug-likeness (QED) is 0.291. The third-order valence-corrected chi connectivity index (χ3v) is 5.55. The highest BCUT2D eigenvalue weighted by atomic mass is 32.1. The molecule has 0 saturated heterocycles. The fraction of sp³-hybridized carbons (Fsp3) is 0.250. The van der Waals surface area contributed by atoms with E-state index in [0.29, 0.717) is 40.0 Å². The van der Waals surface area contributed by atoms with Crippen LogP contribution in [0, 0.1) is 0 Å². The minimum Gasteiger partial charge on any atom is -0.494 e. The highest BCUT2D eigenvalue weighted by molar-refractivity contribution is 7.15. The first-order chi connectivity index (χ1) is 16.0. The summed E-state index contributed by atoms with van der Waals surface area (Å²) < 4.78 is 18.1. The highest BCUT2D eigenvalue weighted by Gasteiger charge is 2.13. The van der Waals surface area contributed by atoms with Gasteiger partial charge < -0.3 is 14.2 Å². The third kappa shape index (κ3) is 5.04. The zero-order chi connectivity index (χ0) is 23.4. The summed E-state index contributed by atoms with van der Waals surface area (Å²) in [4.78, 5) is 29.2. The number of aromatic nitrogens is 3. The molecule has 0 amide bonds. The van der Waals surface area contributed by atoms with E-state index in [0.717, 1.165) is 23.3 Å². The van der Waals surface area contributed by atoms with E-state index in [1.807, 2.05) is 31.2 Å². The van der Waals surface area contributed by atoms with Gasteiger partial charge in [-0.15, -0.1) is 5.10 Å². The Hall–Kier alpha value is -3.72. The topological polar surface area (TPSA) is 92.0 Å². The summed E-state index contributed by atoms with van der Waals surface area (Å²) in [6.45, 7) is 6.30. The number of esters is 1. The first-order valence-corrected chi connectivity index (χ1v) is 11.4. The summed E-state index contributed by atoms with van der Waals surface area (Å²) >= 11 is 1.25. The summed E-state index contributed by atoms with van der Waals surface area (Å²) in [6, 6.07) is 12.6. The second-order valence-corrected chi connectivity index (χ2v) is 8.16. The van der Waals surface area contributed by atoms with Crippen molar-refractivity contribution in [1.29, 1.82) is 0 Å². The molecule has 170 valence electrons. The predicted molar refractivity (Wildman–Crippen MR) is 126 cm³/mol. The lowest BCUT2D eigenvalue weighted by molar-refractivity contribution is -0.132. The summed E-state index contributed by atoms with van der Waals surface area (Å²) in [5, 5.41) is 4.39. The van der Waals surface area contributed by atoms with E-state index in [9.17, 15) is 9.59 Å². The van der Waals surface area contributed by atoms with Gasteiger partial charge in [0.05, 0.1) is 17.7 Å². The SMILES string of the molecule is CCCOc1ccc(-c2nc3sc(=Cc4ccc(OC(C)=O)c(OCC)c4)c(=O)n3n2)cc1. The molecule has 0 N–H and O–H groups in total. The van der Waals surface area contributed by atoms with Gasteiger partial charge in [-0.1, -0.05) is 24.3 Å². The number of rotatable bonds is 8. The van der Waals surface area contributed by atoms with Crippen LogP contribution < -0.4 is 24.3 Å². The molecule has 4 aromatic rings. The minimum atomic E-state index is -0.431. The number of ether oxygens (including phenoxy) is 3. The Bertz CT molecular complexity index is 1390. The molecule has 2 aromatic heterocycles. The molecule has 33 heavy (non-hydrogen) atoms. The molecule has 0 fully saturated rings. The van der Waals surface area contributed by atoms with Crippen LogP contribution in [0.1, 0.15) is 32.8 Å². The van der Waals surface area contributed by atoms with E-state index in [2.05, 4.69) is 17.0 Å². The van der Waals surface area contributed by atoms with Crippen molar-refractivity contribution in [2.24, 2.45) is 0 Å². The van der Waals surface area contributed by atoms with Crippen molar-refractivity contribution in [2.45, 2.75) is 27.2 Å². The summed E-state index contributed by atoms with van der Waals surface area (Å²) in [5.41, 5.74) is 1.29. The Morgan fingerprint density at radius 1 is 1.09 bits per heavy atom. The Balaban J connectivity index is 1.64.